The SMILES string of the molecule is CC1C(NC(=O)c2ccc(-c3ccc(-c4ccco4)cc3)o2)C2CCN1CC2. The lowest BCUT2D eigenvalue weighted by Gasteiger charge is -2.49. The van der Waals surface area contributed by atoms with Crippen molar-refractivity contribution in [3.05, 3.63) is 60.6 Å². The lowest BCUT2D eigenvalue weighted by Crippen LogP contribution is -2.62. The van der Waals surface area contributed by atoms with E-state index >= 15 is 0 Å². The second kappa shape index (κ2) is 6.99. The Hall–Kier alpha value is -2.79. The maximum atomic E-state index is 12.8. The van der Waals surface area contributed by atoms with Crippen molar-refractivity contribution in [2.24, 2.45) is 5.92 Å². The van der Waals surface area contributed by atoms with Gasteiger partial charge in [-0.1, -0.05) is 24.3 Å². The molecule has 3 saturated heterocycles. The minimum atomic E-state index is -0.121. The molecule has 3 aliphatic rings. The average Bonchev–Trinajstić information content (AvgIpc) is 3.43. The van der Waals surface area contributed by atoms with Gasteiger partial charge in [-0.15, -0.1) is 0 Å². The van der Waals surface area contributed by atoms with Gasteiger partial charge in [0.05, 0.1) is 6.26 Å². The van der Waals surface area contributed by atoms with E-state index in [1.165, 1.54) is 12.8 Å². The summed E-state index contributed by atoms with van der Waals surface area (Å²) in [7, 11) is 0. The maximum absolute atomic E-state index is 12.8. The van der Waals surface area contributed by atoms with Gasteiger partial charge in [0.1, 0.15) is 11.5 Å². The number of furan rings is 2. The number of benzene rings is 1. The van der Waals surface area contributed by atoms with Crippen LogP contribution in [0.25, 0.3) is 22.6 Å². The largest absolute Gasteiger partial charge is 0.464 e. The second-order valence-corrected chi connectivity index (χ2v) is 7.83. The Morgan fingerprint density at radius 3 is 2.36 bits per heavy atom. The summed E-state index contributed by atoms with van der Waals surface area (Å²) in [6.45, 7) is 4.51. The molecule has 5 nitrogen and oxygen atoms in total. The van der Waals surface area contributed by atoms with Crippen LogP contribution >= 0.6 is 0 Å². The fourth-order valence-corrected chi connectivity index (χ4v) is 4.62. The maximum Gasteiger partial charge on any atom is 0.287 e. The lowest BCUT2D eigenvalue weighted by atomic mass is 9.79. The van der Waals surface area contributed by atoms with Crippen LogP contribution in [0, 0.1) is 5.92 Å². The van der Waals surface area contributed by atoms with Crippen LogP contribution in [0.15, 0.2) is 63.6 Å². The molecule has 144 valence electrons. The molecule has 2 bridgehead atoms. The average molecular weight is 376 g/mol. The van der Waals surface area contributed by atoms with Crippen molar-refractivity contribution in [3.63, 3.8) is 0 Å². The van der Waals surface area contributed by atoms with Crippen molar-refractivity contribution in [2.45, 2.75) is 31.8 Å². The lowest BCUT2D eigenvalue weighted by molar-refractivity contribution is 0.0211. The molecule has 1 aromatic carbocycles. The third-order valence-corrected chi connectivity index (χ3v) is 6.28. The molecule has 1 N–H and O–H groups in total. The first-order chi connectivity index (χ1) is 13.7. The van der Waals surface area contributed by atoms with Crippen molar-refractivity contribution in [2.75, 3.05) is 13.1 Å². The first kappa shape index (κ1) is 17.3. The molecule has 0 spiro atoms. The highest BCUT2D eigenvalue weighted by molar-refractivity contribution is 5.92. The van der Waals surface area contributed by atoms with E-state index in [9.17, 15) is 4.79 Å². The zero-order valence-electron chi connectivity index (χ0n) is 15.9. The summed E-state index contributed by atoms with van der Waals surface area (Å²) in [5.74, 6) is 2.35. The number of carbonyl (C=O) groups excluding carboxylic acids is 1. The van der Waals surface area contributed by atoms with E-state index in [0.29, 0.717) is 23.5 Å². The van der Waals surface area contributed by atoms with Crippen LogP contribution in [-0.4, -0.2) is 36.0 Å². The number of piperidine rings is 3. The van der Waals surface area contributed by atoms with Crippen molar-refractivity contribution >= 4 is 5.91 Å². The van der Waals surface area contributed by atoms with Gasteiger partial charge in [0.15, 0.2) is 5.76 Å². The molecule has 5 heteroatoms. The van der Waals surface area contributed by atoms with Gasteiger partial charge in [-0.25, -0.2) is 0 Å². The predicted molar refractivity (Wildman–Crippen MR) is 107 cm³/mol. The number of amides is 1. The highest BCUT2D eigenvalue weighted by atomic mass is 16.4. The van der Waals surface area contributed by atoms with E-state index < -0.39 is 0 Å². The van der Waals surface area contributed by atoms with Crippen LogP contribution in [0.5, 0.6) is 0 Å². The molecule has 2 unspecified atom stereocenters. The monoisotopic (exact) mass is 376 g/mol. The van der Waals surface area contributed by atoms with E-state index in [2.05, 4.69) is 17.1 Å². The minimum absolute atomic E-state index is 0.121. The Kier molecular flexibility index (Phi) is 4.32. The Morgan fingerprint density at radius 2 is 1.71 bits per heavy atom. The standard InChI is InChI=1S/C23H24N2O3/c1-15-22(18-10-12-25(15)13-11-18)24-23(26)21-9-8-20(28-21)17-6-4-16(5-7-17)19-3-2-14-27-19/h2-9,14-15,18,22H,10-13H2,1H3,(H,24,26). The number of carbonyl (C=O) groups is 1. The van der Waals surface area contributed by atoms with Gasteiger partial charge in [0.2, 0.25) is 0 Å². The van der Waals surface area contributed by atoms with Gasteiger partial charge < -0.3 is 14.2 Å². The molecule has 0 aliphatic carbocycles. The number of fused-ring (bicyclic) bond motifs is 3. The summed E-state index contributed by atoms with van der Waals surface area (Å²) in [6.07, 6.45) is 4.00. The third-order valence-electron chi connectivity index (χ3n) is 6.28. The molecule has 2 aromatic heterocycles. The Morgan fingerprint density at radius 1 is 1.00 bits per heavy atom. The minimum Gasteiger partial charge on any atom is -0.464 e. The molecule has 6 rings (SSSR count). The van der Waals surface area contributed by atoms with Crippen LogP contribution in [0.4, 0.5) is 0 Å². The summed E-state index contributed by atoms with van der Waals surface area (Å²) in [5, 5.41) is 3.22. The zero-order chi connectivity index (χ0) is 19.1. The molecule has 28 heavy (non-hydrogen) atoms. The van der Waals surface area contributed by atoms with Crippen LogP contribution < -0.4 is 5.32 Å². The van der Waals surface area contributed by atoms with Gasteiger partial charge >= 0.3 is 0 Å². The van der Waals surface area contributed by atoms with Gasteiger partial charge in [-0.05, 0) is 63.0 Å². The predicted octanol–water partition coefficient (Wildman–Crippen LogP) is 4.42. The quantitative estimate of drug-likeness (QED) is 0.732. The van der Waals surface area contributed by atoms with Crippen LogP contribution in [0.2, 0.25) is 0 Å². The first-order valence-corrected chi connectivity index (χ1v) is 9.98. The Bertz CT molecular complexity index is 948. The van der Waals surface area contributed by atoms with Crippen molar-refractivity contribution in [1.29, 1.82) is 0 Å². The van der Waals surface area contributed by atoms with E-state index in [1.54, 1.807) is 12.3 Å². The van der Waals surface area contributed by atoms with E-state index in [4.69, 9.17) is 8.83 Å². The van der Waals surface area contributed by atoms with Gasteiger partial charge in [-0.3, -0.25) is 9.69 Å². The second-order valence-electron chi connectivity index (χ2n) is 7.83. The molecule has 5 heterocycles. The van der Waals surface area contributed by atoms with E-state index in [1.807, 2.05) is 42.5 Å². The van der Waals surface area contributed by atoms with Crippen LogP contribution in [-0.2, 0) is 0 Å². The van der Waals surface area contributed by atoms with E-state index in [0.717, 1.165) is 30.0 Å². The smallest absolute Gasteiger partial charge is 0.287 e. The fraction of sp³-hybridized carbons (Fsp3) is 0.348. The summed E-state index contributed by atoms with van der Waals surface area (Å²) in [5.41, 5.74) is 1.94. The molecular formula is C23H24N2O3. The van der Waals surface area contributed by atoms with Crippen molar-refractivity contribution in [1.82, 2.24) is 10.2 Å². The number of nitrogens with zero attached hydrogens (tertiary/aromatic N) is 1. The molecular weight excluding hydrogens is 352 g/mol. The normalized spacial score (nSPS) is 26.3. The van der Waals surface area contributed by atoms with Crippen molar-refractivity contribution in [3.8, 4) is 22.6 Å². The van der Waals surface area contributed by atoms with Crippen LogP contribution in [0.3, 0.4) is 0 Å². The molecule has 2 atom stereocenters. The highest BCUT2D eigenvalue weighted by Gasteiger charge is 2.40. The molecule has 3 fully saturated rings. The first-order valence-electron chi connectivity index (χ1n) is 9.98. The summed E-state index contributed by atoms with van der Waals surface area (Å²) in [6, 6.07) is 16.0. The summed E-state index contributed by atoms with van der Waals surface area (Å²) < 4.78 is 11.3. The summed E-state index contributed by atoms with van der Waals surface area (Å²) in [4.78, 5) is 15.2. The molecule has 1 amide bonds. The zero-order valence-corrected chi connectivity index (χ0v) is 15.9. The highest BCUT2D eigenvalue weighted by Crippen LogP contribution is 2.32. The number of rotatable bonds is 4. The Labute approximate surface area is 164 Å². The Balaban J connectivity index is 1.30. The van der Waals surface area contributed by atoms with Crippen molar-refractivity contribution < 1.29 is 13.6 Å². The molecule has 3 aliphatic heterocycles. The molecule has 3 aromatic rings. The van der Waals surface area contributed by atoms with Crippen LogP contribution in [0.1, 0.15) is 30.3 Å². The van der Waals surface area contributed by atoms with Gasteiger partial charge in [-0.2, -0.15) is 0 Å². The number of nitrogens with one attached hydrogen (secondary N) is 1. The fourth-order valence-electron chi connectivity index (χ4n) is 4.62. The molecule has 0 radical (unpaired) electrons. The number of hydrogen-bond donors (Lipinski definition) is 1. The van der Waals surface area contributed by atoms with Gasteiger partial charge in [0, 0.05) is 23.2 Å². The topological polar surface area (TPSA) is 58.6 Å². The summed E-state index contributed by atoms with van der Waals surface area (Å²) >= 11 is 0. The number of hydrogen-bond acceptors (Lipinski definition) is 4. The third kappa shape index (κ3) is 3.06. The molecule has 0 saturated carbocycles. The van der Waals surface area contributed by atoms with E-state index in [-0.39, 0.29) is 11.9 Å². The van der Waals surface area contributed by atoms with Gasteiger partial charge in [0.25, 0.3) is 5.91 Å².